The van der Waals surface area contributed by atoms with Crippen LogP contribution in [0.5, 0.6) is 0 Å². The summed E-state index contributed by atoms with van der Waals surface area (Å²) in [5.41, 5.74) is 2.85. The van der Waals surface area contributed by atoms with Crippen molar-refractivity contribution in [1.29, 1.82) is 0 Å². The topological polar surface area (TPSA) is 66.8 Å². The fourth-order valence-electron chi connectivity index (χ4n) is 8.77. The van der Waals surface area contributed by atoms with Gasteiger partial charge in [0.05, 0.1) is 18.8 Å². The number of ether oxygens (including phenoxy) is 1. The number of methoxy groups -OCH3 is 1. The summed E-state index contributed by atoms with van der Waals surface area (Å²) in [6.45, 7) is 8.41. The summed E-state index contributed by atoms with van der Waals surface area (Å²) in [5, 5.41) is 21.8. The predicted molar refractivity (Wildman–Crippen MR) is 149 cm³/mol. The Hall–Kier alpha value is -1.65. The summed E-state index contributed by atoms with van der Waals surface area (Å²) in [4.78, 5) is 9.59. The van der Waals surface area contributed by atoms with Crippen molar-refractivity contribution in [3.05, 3.63) is 47.5 Å². The molecular weight excluding hydrogens is 460 g/mol. The minimum Gasteiger partial charge on any atom is -0.469 e. The first-order chi connectivity index (χ1) is 17.5. The maximum Gasteiger partial charge on any atom is 0.302 e. The van der Waals surface area contributed by atoms with Crippen LogP contribution < -0.4 is 0 Å². The van der Waals surface area contributed by atoms with Crippen molar-refractivity contribution in [3.8, 4) is 0 Å². The predicted octanol–water partition coefficient (Wildman–Crippen LogP) is 6.88. The number of hydrogen-bond acceptors (Lipinski definition) is 4. The van der Waals surface area contributed by atoms with Crippen LogP contribution in [0.15, 0.2) is 42.0 Å². The summed E-state index contributed by atoms with van der Waals surface area (Å²) < 4.78 is 4.11. The molecule has 3 saturated carbocycles. The van der Waals surface area contributed by atoms with Crippen LogP contribution in [0, 0.1) is 34.5 Å². The third kappa shape index (κ3) is 5.57. The number of fused-ring (bicyclic) bond motifs is 5. The number of allylic oxidation sites excluding steroid dienone is 1. The van der Waals surface area contributed by atoms with Crippen LogP contribution in [0.25, 0.3) is 0 Å². The lowest BCUT2D eigenvalue weighted by Crippen LogP contribution is -2.56. The SMILES string of the molecule is COC(C)=O.C[C@]12CC[C@H](O)C=C1C[C@@H](CCCCc1ccccc1)C1C2CC[C@@]2(C)C1CC[C@]2(C)O. The van der Waals surface area contributed by atoms with E-state index in [9.17, 15) is 15.0 Å². The molecule has 5 rings (SSSR count). The molecule has 206 valence electrons. The molecule has 0 aromatic heterocycles. The van der Waals surface area contributed by atoms with Gasteiger partial charge in [0.1, 0.15) is 0 Å². The third-order valence-corrected chi connectivity index (χ3v) is 11.2. The Bertz CT molecular complexity index is 952. The highest BCUT2D eigenvalue weighted by Gasteiger charge is 2.64. The smallest absolute Gasteiger partial charge is 0.302 e. The second-order valence-electron chi connectivity index (χ2n) is 13.2. The molecule has 0 bridgehead atoms. The molecule has 0 aliphatic heterocycles. The van der Waals surface area contributed by atoms with E-state index < -0.39 is 5.60 Å². The zero-order chi connectivity index (χ0) is 26.8. The highest BCUT2D eigenvalue weighted by atomic mass is 16.5. The number of carbonyl (C=O) groups excluding carboxylic acids is 1. The normalized spacial score (nSPS) is 40.3. The molecule has 4 nitrogen and oxygen atoms in total. The molecule has 37 heavy (non-hydrogen) atoms. The number of rotatable bonds is 5. The molecule has 0 radical (unpaired) electrons. The van der Waals surface area contributed by atoms with Gasteiger partial charge in [0.2, 0.25) is 0 Å². The van der Waals surface area contributed by atoms with Gasteiger partial charge < -0.3 is 14.9 Å². The lowest BCUT2D eigenvalue weighted by atomic mass is 9.44. The second-order valence-corrected chi connectivity index (χ2v) is 13.2. The van der Waals surface area contributed by atoms with Crippen LogP contribution in [0.2, 0.25) is 0 Å². The van der Waals surface area contributed by atoms with Crippen LogP contribution in [0.1, 0.15) is 97.5 Å². The Morgan fingerprint density at radius 2 is 1.68 bits per heavy atom. The molecule has 2 N–H and O–H groups in total. The van der Waals surface area contributed by atoms with Crippen molar-refractivity contribution in [2.75, 3.05) is 7.11 Å². The minimum absolute atomic E-state index is 0.0716. The fourth-order valence-corrected chi connectivity index (χ4v) is 8.77. The molecule has 0 amide bonds. The van der Waals surface area contributed by atoms with E-state index in [1.807, 2.05) is 0 Å². The third-order valence-electron chi connectivity index (χ3n) is 11.2. The van der Waals surface area contributed by atoms with Crippen LogP contribution in [0.4, 0.5) is 0 Å². The average molecular weight is 511 g/mol. The standard InChI is InChI=1S/C30H44O2.C3H6O2/c1-28-16-13-24(31)20-23(28)19-22(12-8-7-11-21-9-5-4-6-10-21)27-25(28)14-17-29(2)26(27)15-18-30(29,3)32;1-3(4)5-2/h4-6,9-10,20,22,24-27,31-32H,7-8,11-19H2,1-3H3;1-2H3/t22-,24+,25?,26?,27?,28+,29+,30+;/m1./s1. The first-order valence-electron chi connectivity index (χ1n) is 14.7. The number of benzene rings is 1. The van der Waals surface area contributed by atoms with E-state index >= 15 is 0 Å². The molecule has 0 spiro atoms. The van der Waals surface area contributed by atoms with E-state index in [1.165, 1.54) is 64.5 Å². The van der Waals surface area contributed by atoms with Gasteiger partial charge in [0.25, 0.3) is 0 Å². The Balaban J connectivity index is 0.000000586. The zero-order valence-electron chi connectivity index (χ0n) is 23.8. The number of hydrogen-bond donors (Lipinski definition) is 2. The fraction of sp³-hybridized carbons (Fsp3) is 0.727. The van der Waals surface area contributed by atoms with Crippen molar-refractivity contribution in [1.82, 2.24) is 0 Å². The van der Waals surface area contributed by atoms with E-state index in [-0.39, 0.29) is 22.9 Å². The van der Waals surface area contributed by atoms with Crippen molar-refractivity contribution in [2.45, 2.75) is 110 Å². The molecule has 1 aromatic rings. The number of aliphatic hydroxyl groups excluding tert-OH is 1. The lowest BCUT2D eigenvalue weighted by Gasteiger charge is -2.61. The van der Waals surface area contributed by atoms with Crippen LogP contribution in [-0.2, 0) is 16.0 Å². The molecule has 4 heteroatoms. The zero-order valence-corrected chi connectivity index (χ0v) is 23.8. The minimum atomic E-state index is -0.514. The maximum absolute atomic E-state index is 11.4. The van der Waals surface area contributed by atoms with E-state index in [1.54, 1.807) is 5.57 Å². The molecular formula is C33H50O4. The number of carbonyl (C=O) groups is 1. The van der Waals surface area contributed by atoms with Gasteiger partial charge in [-0.25, -0.2) is 0 Å². The van der Waals surface area contributed by atoms with Crippen molar-refractivity contribution in [3.63, 3.8) is 0 Å². The van der Waals surface area contributed by atoms with Gasteiger partial charge in [0, 0.05) is 6.92 Å². The van der Waals surface area contributed by atoms with Gasteiger partial charge >= 0.3 is 5.97 Å². The summed E-state index contributed by atoms with van der Waals surface area (Å²) in [6.07, 6.45) is 14.8. The molecule has 0 heterocycles. The summed E-state index contributed by atoms with van der Waals surface area (Å²) in [7, 11) is 1.35. The van der Waals surface area contributed by atoms with E-state index in [2.05, 4.69) is 61.9 Å². The molecule has 0 saturated heterocycles. The first-order valence-corrected chi connectivity index (χ1v) is 14.7. The van der Waals surface area contributed by atoms with Gasteiger partial charge in [-0.2, -0.15) is 0 Å². The quantitative estimate of drug-likeness (QED) is 0.257. The maximum atomic E-state index is 11.4. The van der Waals surface area contributed by atoms with Crippen molar-refractivity contribution >= 4 is 5.97 Å². The molecule has 3 unspecified atom stereocenters. The van der Waals surface area contributed by atoms with Gasteiger partial charge in [-0.3, -0.25) is 4.79 Å². The number of aryl methyl sites for hydroxylation is 1. The number of esters is 1. The average Bonchev–Trinajstić information content (AvgIpc) is 3.12. The Morgan fingerprint density at radius 1 is 1.00 bits per heavy atom. The van der Waals surface area contributed by atoms with Gasteiger partial charge in [-0.15, -0.1) is 0 Å². The van der Waals surface area contributed by atoms with Gasteiger partial charge in [-0.1, -0.05) is 62.2 Å². The molecule has 4 aliphatic carbocycles. The molecule has 8 atom stereocenters. The highest BCUT2D eigenvalue weighted by molar-refractivity contribution is 5.65. The highest BCUT2D eigenvalue weighted by Crippen LogP contribution is 2.69. The van der Waals surface area contributed by atoms with E-state index in [0.29, 0.717) is 11.8 Å². The Labute approximate surface area is 224 Å². The van der Waals surface area contributed by atoms with Crippen LogP contribution in [0.3, 0.4) is 0 Å². The first kappa shape index (κ1) is 28.4. The van der Waals surface area contributed by atoms with E-state index in [4.69, 9.17) is 0 Å². The Morgan fingerprint density at radius 3 is 2.35 bits per heavy atom. The summed E-state index contributed by atoms with van der Waals surface area (Å²) >= 11 is 0. The number of unbranched alkanes of at least 4 members (excludes halogenated alkanes) is 1. The van der Waals surface area contributed by atoms with Gasteiger partial charge in [0.15, 0.2) is 0 Å². The molecule has 1 aromatic carbocycles. The monoisotopic (exact) mass is 510 g/mol. The number of aliphatic hydroxyl groups is 2. The largest absolute Gasteiger partial charge is 0.469 e. The summed E-state index contributed by atoms with van der Waals surface area (Å²) in [6, 6.07) is 10.9. The van der Waals surface area contributed by atoms with Crippen molar-refractivity contribution < 1.29 is 19.7 Å². The second kappa shape index (κ2) is 11.2. The molecule has 4 aliphatic rings. The summed E-state index contributed by atoms with van der Waals surface area (Å²) in [5.74, 6) is 2.57. The lowest BCUT2D eigenvalue weighted by molar-refractivity contribution is -0.137. The van der Waals surface area contributed by atoms with Crippen LogP contribution >= 0.6 is 0 Å². The molecule has 3 fully saturated rings. The van der Waals surface area contributed by atoms with Gasteiger partial charge in [-0.05, 0) is 111 Å². The Kier molecular flexibility index (Phi) is 8.60. The van der Waals surface area contributed by atoms with E-state index in [0.717, 1.165) is 37.5 Å². The van der Waals surface area contributed by atoms with Crippen molar-refractivity contribution in [2.24, 2.45) is 34.5 Å². The van der Waals surface area contributed by atoms with Crippen LogP contribution in [-0.4, -0.2) is 35.0 Å².